The summed E-state index contributed by atoms with van der Waals surface area (Å²) in [6.45, 7) is 0.371. The van der Waals surface area contributed by atoms with Crippen molar-refractivity contribution in [3.05, 3.63) is 71.4 Å². The van der Waals surface area contributed by atoms with E-state index in [-0.39, 0.29) is 0 Å². The van der Waals surface area contributed by atoms with Crippen LogP contribution in [0.2, 0.25) is 0 Å². The lowest BCUT2D eigenvalue weighted by atomic mass is 9.96. The summed E-state index contributed by atoms with van der Waals surface area (Å²) in [6.07, 6.45) is 4.21. The molecule has 4 rings (SSSR count). The molecule has 3 N–H and O–H groups in total. The average molecular weight is 322 g/mol. The number of para-hydroxylation sites is 1. The van der Waals surface area contributed by atoms with E-state index in [0.717, 1.165) is 5.56 Å². The van der Waals surface area contributed by atoms with Crippen LogP contribution in [-0.4, -0.2) is 16.2 Å². The van der Waals surface area contributed by atoms with E-state index >= 15 is 0 Å². The molecule has 0 saturated carbocycles. The molecule has 1 amide bonds. The van der Waals surface area contributed by atoms with E-state index in [9.17, 15) is 4.79 Å². The van der Waals surface area contributed by atoms with Crippen molar-refractivity contribution in [2.45, 2.75) is 32.2 Å². The molecule has 2 aromatic carbocycles. The van der Waals surface area contributed by atoms with E-state index in [4.69, 9.17) is 5.11 Å². The number of rotatable bonds is 2. The van der Waals surface area contributed by atoms with Crippen molar-refractivity contribution < 1.29 is 9.90 Å². The molecule has 1 heterocycles. The second-order valence-corrected chi connectivity index (χ2v) is 5.98. The topological polar surface area (TPSA) is 65.1 Å². The summed E-state index contributed by atoms with van der Waals surface area (Å²) in [7, 11) is 0. The van der Waals surface area contributed by atoms with E-state index in [0.29, 0.717) is 6.54 Å². The molecule has 1 aliphatic carbocycles. The highest BCUT2D eigenvalue weighted by molar-refractivity contribution is 5.84. The van der Waals surface area contributed by atoms with Crippen LogP contribution in [0.4, 0.5) is 4.79 Å². The Kier molecular flexibility index (Phi) is 5.16. The Labute approximate surface area is 141 Å². The Morgan fingerprint density at radius 3 is 2.50 bits per heavy atom. The van der Waals surface area contributed by atoms with Gasteiger partial charge < -0.3 is 15.4 Å². The maximum absolute atomic E-state index is 10.1. The summed E-state index contributed by atoms with van der Waals surface area (Å²) in [5.74, 6) is 0. The summed E-state index contributed by atoms with van der Waals surface area (Å²) >= 11 is 0. The standard InChI is InChI=1S/C12H13N.C8H9NO2/c1-3-7-11-9(5-1)10-6-2-4-8-12(10)13-11;10-8(11)9-6-7-4-2-1-3-5-7/h1,3,5,7,13H,2,4,6,8H2;1-5,9H,6H2,(H,10,11). The van der Waals surface area contributed by atoms with Crippen molar-refractivity contribution in [1.82, 2.24) is 10.3 Å². The zero-order valence-electron chi connectivity index (χ0n) is 13.6. The van der Waals surface area contributed by atoms with Crippen molar-refractivity contribution >= 4 is 17.0 Å². The van der Waals surface area contributed by atoms with Gasteiger partial charge in [0.1, 0.15) is 0 Å². The normalized spacial score (nSPS) is 12.8. The van der Waals surface area contributed by atoms with Gasteiger partial charge in [-0.3, -0.25) is 0 Å². The number of amides is 1. The van der Waals surface area contributed by atoms with E-state index in [1.807, 2.05) is 30.3 Å². The summed E-state index contributed by atoms with van der Waals surface area (Å²) in [5.41, 5.74) is 5.33. The molecule has 0 aliphatic heterocycles. The predicted molar refractivity (Wildman–Crippen MR) is 96.2 cm³/mol. The number of fused-ring (bicyclic) bond motifs is 3. The average Bonchev–Trinajstić information content (AvgIpc) is 3.00. The van der Waals surface area contributed by atoms with Crippen molar-refractivity contribution in [2.75, 3.05) is 0 Å². The van der Waals surface area contributed by atoms with E-state index in [1.54, 1.807) is 5.56 Å². The number of carboxylic acid groups (broad SMARTS) is 1. The number of benzene rings is 2. The number of carbonyl (C=O) groups is 1. The van der Waals surface area contributed by atoms with Crippen LogP contribution in [0.5, 0.6) is 0 Å². The maximum atomic E-state index is 10.1. The molecule has 1 aliphatic rings. The van der Waals surface area contributed by atoms with Crippen molar-refractivity contribution in [1.29, 1.82) is 0 Å². The van der Waals surface area contributed by atoms with Gasteiger partial charge in [0, 0.05) is 23.1 Å². The highest BCUT2D eigenvalue weighted by Gasteiger charge is 2.13. The van der Waals surface area contributed by atoms with Gasteiger partial charge in [0.05, 0.1) is 0 Å². The van der Waals surface area contributed by atoms with Crippen LogP contribution in [0, 0.1) is 0 Å². The first-order chi connectivity index (χ1) is 11.7. The fourth-order valence-electron chi connectivity index (χ4n) is 3.13. The number of nitrogens with one attached hydrogen (secondary N) is 2. The van der Waals surface area contributed by atoms with Gasteiger partial charge in [-0.2, -0.15) is 0 Å². The monoisotopic (exact) mass is 322 g/mol. The van der Waals surface area contributed by atoms with Gasteiger partial charge in [-0.05, 0) is 42.9 Å². The molecule has 1 aromatic heterocycles. The minimum absolute atomic E-state index is 0.371. The number of H-pyrrole nitrogens is 1. The number of aryl methyl sites for hydroxylation is 2. The van der Waals surface area contributed by atoms with Crippen LogP contribution < -0.4 is 5.32 Å². The van der Waals surface area contributed by atoms with Crippen LogP contribution in [-0.2, 0) is 19.4 Å². The lowest BCUT2D eigenvalue weighted by molar-refractivity contribution is 0.194. The Balaban J connectivity index is 0.000000144. The molecule has 124 valence electrons. The third kappa shape index (κ3) is 3.96. The van der Waals surface area contributed by atoms with Crippen molar-refractivity contribution in [3.63, 3.8) is 0 Å². The van der Waals surface area contributed by atoms with Gasteiger partial charge in [-0.1, -0.05) is 48.5 Å². The molecule has 0 saturated heterocycles. The lowest BCUT2D eigenvalue weighted by Crippen LogP contribution is -2.19. The third-order valence-electron chi connectivity index (χ3n) is 4.29. The first-order valence-corrected chi connectivity index (χ1v) is 8.33. The predicted octanol–water partition coefficient (Wildman–Crippen LogP) is 4.50. The minimum Gasteiger partial charge on any atom is -0.465 e. The van der Waals surface area contributed by atoms with Gasteiger partial charge in [0.2, 0.25) is 0 Å². The molecular formula is C20H22N2O2. The summed E-state index contributed by atoms with van der Waals surface area (Å²) in [6, 6.07) is 18.0. The minimum atomic E-state index is -0.992. The first kappa shape index (κ1) is 16.1. The molecule has 0 unspecified atom stereocenters. The Morgan fingerprint density at radius 1 is 1.00 bits per heavy atom. The highest BCUT2D eigenvalue weighted by Crippen LogP contribution is 2.28. The number of hydrogen-bond acceptors (Lipinski definition) is 1. The third-order valence-corrected chi connectivity index (χ3v) is 4.29. The molecule has 0 atom stereocenters. The molecule has 4 nitrogen and oxygen atoms in total. The number of aromatic amines is 1. The summed E-state index contributed by atoms with van der Waals surface area (Å²) < 4.78 is 0. The molecule has 3 aromatic rings. The van der Waals surface area contributed by atoms with Crippen LogP contribution in [0.1, 0.15) is 29.7 Å². The molecule has 0 bridgehead atoms. The molecule has 0 fully saturated rings. The molecule has 0 radical (unpaired) electrons. The zero-order valence-corrected chi connectivity index (χ0v) is 13.6. The molecule has 24 heavy (non-hydrogen) atoms. The van der Waals surface area contributed by atoms with Crippen molar-refractivity contribution in [2.24, 2.45) is 0 Å². The molecule has 4 heteroatoms. The summed E-state index contributed by atoms with van der Waals surface area (Å²) in [4.78, 5) is 13.6. The van der Waals surface area contributed by atoms with Gasteiger partial charge >= 0.3 is 6.09 Å². The van der Waals surface area contributed by atoms with Gasteiger partial charge in [0.15, 0.2) is 0 Å². The highest BCUT2D eigenvalue weighted by atomic mass is 16.4. The number of hydrogen-bond donors (Lipinski definition) is 3. The van der Waals surface area contributed by atoms with Crippen molar-refractivity contribution in [3.8, 4) is 0 Å². The Bertz CT molecular complexity index is 809. The van der Waals surface area contributed by atoms with Crippen LogP contribution in [0.25, 0.3) is 10.9 Å². The SMILES string of the molecule is O=C(O)NCc1ccccc1.c1ccc2c3c([nH]c2c1)CCCC3. The fourth-order valence-corrected chi connectivity index (χ4v) is 3.13. The second-order valence-electron chi connectivity index (χ2n) is 5.98. The Morgan fingerprint density at radius 2 is 1.71 bits per heavy atom. The van der Waals surface area contributed by atoms with Crippen LogP contribution in [0.3, 0.4) is 0 Å². The number of aromatic nitrogens is 1. The summed E-state index contributed by atoms with van der Waals surface area (Å²) in [5, 5.41) is 12.0. The Hall–Kier alpha value is -2.75. The molecular weight excluding hydrogens is 300 g/mol. The lowest BCUT2D eigenvalue weighted by Gasteiger charge is -2.10. The zero-order chi connectivity index (χ0) is 16.8. The van der Waals surface area contributed by atoms with E-state index in [1.165, 1.54) is 42.3 Å². The van der Waals surface area contributed by atoms with Crippen LogP contribution >= 0.6 is 0 Å². The largest absolute Gasteiger partial charge is 0.465 e. The van der Waals surface area contributed by atoms with Crippen LogP contribution in [0.15, 0.2) is 54.6 Å². The quantitative estimate of drug-likeness (QED) is 0.650. The molecule has 0 spiro atoms. The second kappa shape index (κ2) is 7.68. The van der Waals surface area contributed by atoms with Gasteiger partial charge in [-0.15, -0.1) is 0 Å². The van der Waals surface area contributed by atoms with E-state index < -0.39 is 6.09 Å². The maximum Gasteiger partial charge on any atom is 0.404 e. The van der Waals surface area contributed by atoms with Gasteiger partial charge in [0.25, 0.3) is 0 Å². The van der Waals surface area contributed by atoms with Gasteiger partial charge in [-0.25, -0.2) is 4.79 Å². The first-order valence-electron chi connectivity index (χ1n) is 8.33. The van der Waals surface area contributed by atoms with E-state index in [2.05, 4.69) is 34.6 Å². The fraction of sp³-hybridized carbons (Fsp3) is 0.250. The smallest absolute Gasteiger partial charge is 0.404 e.